The Morgan fingerprint density at radius 3 is 2.21 bits per heavy atom. The van der Waals surface area contributed by atoms with Crippen LogP contribution in [0, 0.1) is 10.8 Å². The number of nitrogen functional groups attached to an aromatic ring is 1. The number of nitrogens with zero attached hydrogens (tertiary/aromatic N) is 3. The van der Waals surface area contributed by atoms with Gasteiger partial charge in [0.05, 0.1) is 0 Å². The summed E-state index contributed by atoms with van der Waals surface area (Å²) in [5, 5.41) is 3.48. The molecule has 0 aliphatic heterocycles. The maximum absolute atomic E-state index is 5.80. The minimum atomic E-state index is 0.129. The van der Waals surface area contributed by atoms with Crippen molar-refractivity contribution in [3.63, 3.8) is 0 Å². The topological polar surface area (TPSA) is 76.7 Å². The second-order valence-corrected chi connectivity index (χ2v) is 7.38. The van der Waals surface area contributed by atoms with Crippen LogP contribution in [-0.2, 0) is 0 Å². The molecule has 3 N–H and O–H groups in total. The molecule has 1 fully saturated rings. The summed E-state index contributed by atoms with van der Waals surface area (Å²) < 4.78 is 0. The van der Waals surface area contributed by atoms with Crippen LogP contribution < -0.4 is 11.1 Å². The molecule has 5 nitrogen and oxygen atoms in total. The summed E-state index contributed by atoms with van der Waals surface area (Å²) in [5.74, 6) is 0.618. The number of aromatic nitrogens is 3. The van der Waals surface area contributed by atoms with E-state index in [9.17, 15) is 0 Å². The van der Waals surface area contributed by atoms with Gasteiger partial charge in [0.1, 0.15) is 0 Å². The smallest absolute Gasteiger partial charge is 0.229 e. The Balaban J connectivity index is 2.14. The van der Waals surface area contributed by atoms with Gasteiger partial charge in [0.15, 0.2) is 0 Å². The molecular formula is C13H22ClN5. The molecule has 0 radical (unpaired) electrons. The molecule has 1 aliphatic carbocycles. The molecule has 1 aromatic rings. The molecule has 2 rings (SSSR count). The molecular weight excluding hydrogens is 262 g/mol. The fraction of sp³-hybridized carbons (Fsp3) is 0.769. The number of halogens is 1. The van der Waals surface area contributed by atoms with Crippen molar-refractivity contribution < 1.29 is 0 Å². The van der Waals surface area contributed by atoms with Crippen LogP contribution in [0.4, 0.5) is 11.9 Å². The number of hydrogen-bond donors (Lipinski definition) is 2. The van der Waals surface area contributed by atoms with Gasteiger partial charge in [0, 0.05) is 6.04 Å². The Bertz CT molecular complexity index is 436. The summed E-state index contributed by atoms with van der Waals surface area (Å²) in [6, 6.07) is 0.330. The van der Waals surface area contributed by atoms with Gasteiger partial charge in [-0.1, -0.05) is 27.7 Å². The van der Waals surface area contributed by atoms with Gasteiger partial charge in [0.2, 0.25) is 17.2 Å². The lowest BCUT2D eigenvalue weighted by molar-refractivity contribution is 0.105. The van der Waals surface area contributed by atoms with Gasteiger partial charge in [-0.15, -0.1) is 0 Å². The zero-order chi connectivity index (χ0) is 14.3. The summed E-state index contributed by atoms with van der Waals surface area (Å²) in [6.07, 6.45) is 3.39. The average Bonchev–Trinajstić information content (AvgIpc) is 2.08. The molecule has 1 aliphatic rings. The van der Waals surface area contributed by atoms with Crippen LogP contribution in [-0.4, -0.2) is 21.0 Å². The molecule has 0 spiro atoms. The molecule has 0 unspecified atom stereocenters. The molecule has 0 saturated heterocycles. The van der Waals surface area contributed by atoms with Crippen molar-refractivity contribution in [3.8, 4) is 0 Å². The zero-order valence-corrected chi connectivity index (χ0v) is 12.8. The molecule has 0 aromatic carbocycles. The van der Waals surface area contributed by atoms with Crippen molar-refractivity contribution in [1.82, 2.24) is 15.0 Å². The van der Waals surface area contributed by atoms with E-state index in [-0.39, 0.29) is 11.2 Å². The quantitative estimate of drug-likeness (QED) is 0.872. The van der Waals surface area contributed by atoms with Crippen molar-refractivity contribution in [3.05, 3.63) is 5.28 Å². The van der Waals surface area contributed by atoms with E-state index in [2.05, 4.69) is 48.0 Å². The lowest BCUT2D eigenvalue weighted by Gasteiger charge is -2.45. The van der Waals surface area contributed by atoms with Gasteiger partial charge < -0.3 is 11.1 Å². The van der Waals surface area contributed by atoms with Crippen LogP contribution in [0.15, 0.2) is 0 Å². The predicted octanol–water partition coefficient (Wildman–Crippen LogP) is 3.12. The SMILES string of the molecule is CC1(C)CC(Nc2nc(N)nc(Cl)n2)CC(C)(C)C1. The summed E-state index contributed by atoms with van der Waals surface area (Å²) in [6.45, 7) is 9.21. The van der Waals surface area contributed by atoms with E-state index in [4.69, 9.17) is 17.3 Å². The molecule has 106 valence electrons. The highest BCUT2D eigenvalue weighted by molar-refractivity contribution is 6.28. The third-order valence-corrected chi connectivity index (χ3v) is 3.68. The van der Waals surface area contributed by atoms with Gasteiger partial charge in [-0.05, 0) is 41.7 Å². The molecule has 0 amide bonds. The van der Waals surface area contributed by atoms with Crippen LogP contribution in [0.2, 0.25) is 5.28 Å². The summed E-state index contributed by atoms with van der Waals surface area (Å²) in [7, 11) is 0. The molecule has 6 heteroatoms. The van der Waals surface area contributed by atoms with Crippen molar-refractivity contribution in [2.45, 2.75) is 53.0 Å². The van der Waals surface area contributed by atoms with E-state index in [1.807, 2.05) is 0 Å². The van der Waals surface area contributed by atoms with Gasteiger partial charge >= 0.3 is 0 Å². The fourth-order valence-corrected chi connectivity index (χ4v) is 3.73. The van der Waals surface area contributed by atoms with Gasteiger partial charge in [-0.3, -0.25) is 0 Å². The van der Waals surface area contributed by atoms with E-state index in [1.165, 1.54) is 6.42 Å². The maximum atomic E-state index is 5.80. The van der Waals surface area contributed by atoms with Gasteiger partial charge in [-0.2, -0.15) is 15.0 Å². The minimum Gasteiger partial charge on any atom is -0.368 e. The first kappa shape index (κ1) is 14.3. The van der Waals surface area contributed by atoms with Gasteiger partial charge in [-0.25, -0.2) is 0 Å². The molecule has 1 heterocycles. The number of rotatable bonds is 2. The molecule has 1 saturated carbocycles. The monoisotopic (exact) mass is 283 g/mol. The number of nitrogens with one attached hydrogen (secondary N) is 1. The normalized spacial score (nSPS) is 22.2. The third-order valence-electron chi connectivity index (χ3n) is 3.51. The highest BCUT2D eigenvalue weighted by atomic mass is 35.5. The Morgan fingerprint density at radius 2 is 1.68 bits per heavy atom. The van der Waals surface area contributed by atoms with E-state index >= 15 is 0 Å². The molecule has 0 atom stereocenters. The van der Waals surface area contributed by atoms with E-state index in [0.717, 1.165) is 12.8 Å². The minimum absolute atomic E-state index is 0.129. The Morgan fingerprint density at radius 1 is 1.11 bits per heavy atom. The Hall–Kier alpha value is -1.10. The molecule has 1 aromatic heterocycles. The Labute approximate surface area is 119 Å². The summed E-state index contributed by atoms with van der Waals surface area (Å²) >= 11 is 5.80. The van der Waals surface area contributed by atoms with E-state index in [0.29, 0.717) is 22.8 Å². The maximum Gasteiger partial charge on any atom is 0.229 e. The average molecular weight is 284 g/mol. The largest absolute Gasteiger partial charge is 0.368 e. The van der Waals surface area contributed by atoms with Crippen molar-refractivity contribution in [1.29, 1.82) is 0 Å². The first-order valence-electron chi connectivity index (χ1n) is 6.59. The van der Waals surface area contributed by atoms with Crippen molar-refractivity contribution in [2.24, 2.45) is 10.8 Å². The standard InChI is InChI=1S/C13H22ClN5/c1-12(2)5-8(6-13(3,4)7-12)16-11-18-9(14)17-10(15)19-11/h8H,5-7H2,1-4H3,(H3,15,16,17,18,19). The summed E-state index contributed by atoms with van der Waals surface area (Å²) in [5.41, 5.74) is 6.20. The molecule has 19 heavy (non-hydrogen) atoms. The lowest BCUT2D eigenvalue weighted by atomic mass is 9.63. The third kappa shape index (κ3) is 3.93. The first-order chi connectivity index (χ1) is 8.65. The van der Waals surface area contributed by atoms with Crippen LogP contribution >= 0.6 is 11.6 Å². The van der Waals surface area contributed by atoms with Crippen LogP contribution in [0.1, 0.15) is 47.0 Å². The highest BCUT2D eigenvalue weighted by Crippen LogP contribution is 2.46. The number of anilines is 2. The second-order valence-electron chi connectivity index (χ2n) is 7.04. The number of nitrogens with two attached hydrogens (primary N) is 1. The van der Waals surface area contributed by atoms with Crippen molar-refractivity contribution in [2.75, 3.05) is 11.1 Å². The lowest BCUT2D eigenvalue weighted by Crippen LogP contribution is -2.40. The number of hydrogen-bond acceptors (Lipinski definition) is 5. The van der Waals surface area contributed by atoms with E-state index in [1.54, 1.807) is 0 Å². The zero-order valence-electron chi connectivity index (χ0n) is 12.0. The van der Waals surface area contributed by atoms with E-state index < -0.39 is 0 Å². The summed E-state index contributed by atoms with van der Waals surface area (Å²) in [4.78, 5) is 11.9. The van der Waals surface area contributed by atoms with Crippen LogP contribution in [0.5, 0.6) is 0 Å². The van der Waals surface area contributed by atoms with Crippen LogP contribution in [0.25, 0.3) is 0 Å². The van der Waals surface area contributed by atoms with Gasteiger partial charge in [0.25, 0.3) is 0 Å². The van der Waals surface area contributed by atoms with Crippen LogP contribution in [0.3, 0.4) is 0 Å². The fourth-order valence-electron chi connectivity index (χ4n) is 3.56. The highest BCUT2D eigenvalue weighted by Gasteiger charge is 2.38. The Kier molecular flexibility index (Phi) is 3.60. The molecule has 0 bridgehead atoms. The first-order valence-corrected chi connectivity index (χ1v) is 6.97. The van der Waals surface area contributed by atoms with Crippen molar-refractivity contribution >= 4 is 23.5 Å². The predicted molar refractivity (Wildman–Crippen MR) is 78.1 cm³/mol. The second kappa shape index (κ2) is 4.78.